The first-order chi connectivity index (χ1) is 6.76. The van der Waals surface area contributed by atoms with Crippen LogP contribution in [-0.2, 0) is 6.42 Å². The highest BCUT2D eigenvalue weighted by Crippen LogP contribution is 2.36. The average Bonchev–Trinajstić information content (AvgIpc) is 2.59. The second-order valence-corrected chi connectivity index (χ2v) is 4.42. The van der Waals surface area contributed by atoms with Gasteiger partial charge >= 0.3 is 0 Å². The predicted octanol–water partition coefficient (Wildman–Crippen LogP) is 4.13. The van der Waals surface area contributed by atoms with Crippen molar-refractivity contribution in [3.8, 4) is 5.75 Å². The number of ether oxygens (including phenoxy) is 1. The average molecular weight is 227 g/mol. The molecule has 1 heterocycles. The fourth-order valence-electron chi connectivity index (χ4n) is 1.57. The summed E-state index contributed by atoms with van der Waals surface area (Å²) in [4.78, 5) is 0. The van der Waals surface area contributed by atoms with Gasteiger partial charge < -0.3 is 4.74 Å². The molecule has 1 nitrogen and oxygen atoms in total. The number of aryl methyl sites for hydroxylation is 1. The van der Waals surface area contributed by atoms with Crippen molar-refractivity contribution in [1.29, 1.82) is 0 Å². The number of thiophene rings is 1. The van der Waals surface area contributed by atoms with Crippen LogP contribution in [0.5, 0.6) is 5.75 Å². The van der Waals surface area contributed by atoms with Crippen molar-refractivity contribution in [3.63, 3.8) is 0 Å². The van der Waals surface area contributed by atoms with Crippen molar-refractivity contribution in [2.45, 2.75) is 13.3 Å². The van der Waals surface area contributed by atoms with Crippen molar-refractivity contribution in [1.82, 2.24) is 0 Å². The predicted molar refractivity (Wildman–Crippen MR) is 62.8 cm³/mol. The molecule has 0 spiro atoms. The number of halogens is 1. The number of hydrogen-bond donors (Lipinski definition) is 0. The molecule has 2 rings (SSSR count). The summed E-state index contributed by atoms with van der Waals surface area (Å²) < 4.78 is 6.56. The lowest BCUT2D eigenvalue weighted by Gasteiger charge is -2.02. The number of benzene rings is 1. The van der Waals surface area contributed by atoms with E-state index in [1.54, 1.807) is 18.4 Å². The molecule has 0 unspecified atom stereocenters. The Morgan fingerprint density at radius 3 is 2.86 bits per heavy atom. The van der Waals surface area contributed by atoms with Crippen LogP contribution in [0.15, 0.2) is 17.5 Å². The molecule has 0 amide bonds. The molecule has 0 aliphatic heterocycles. The standard InChI is InChI=1S/C11H11ClOS/c1-3-7-4-8(12)5-9-10(13-2)6-14-11(7)9/h4-6H,3H2,1-2H3. The summed E-state index contributed by atoms with van der Waals surface area (Å²) >= 11 is 7.75. The molecule has 74 valence electrons. The Labute approximate surface area is 92.3 Å². The Kier molecular flexibility index (Phi) is 2.66. The van der Waals surface area contributed by atoms with E-state index in [0.717, 1.165) is 22.6 Å². The Balaban J connectivity index is 2.76. The van der Waals surface area contributed by atoms with Gasteiger partial charge in [-0.2, -0.15) is 0 Å². The van der Waals surface area contributed by atoms with Crippen LogP contribution in [-0.4, -0.2) is 7.11 Å². The highest BCUT2D eigenvalue weighted by molar-refractivity contribution is 7.17. The van der Waals surface area contributed by atoms with E-state index in [-0.39, 0.29) is 0 Å². The van der Waals surface area contributed by atoms with Gasteiger partial charge in [0.05, 0.1) is 7.11 Å². The Bertz CT molecular complexity index is 462. The molecule has 1 aromatic carbocycles. The van der Waals surface area contributed by atoms with Crippen LogP contribution < -0.4 is 4.74 Å². The summed E-state index contributed by atoms with van der Waals surface area (Å²) in [6.45, 7) is 2.14. The van der Waals surface area contributed by atoms with Crippen LogP contribution in [0.3, 0.4) is 0 Å². The lowest BCUT2D eigenvalue weighted by atomic mass is 10.1. The second-order valence-electron chi connectivity index (χ2n) is 3.10. The number of hydrogen-bond acceptors (Lipinski definition) is 2. The molecule has 0 fully saturated rings. The third-order valence-electron chi connectivity index (χ3n) is 2.28. The molecule has 2 aromatic rings. The van der Waals surface area contributed by atoms with Crippen LogP contribution in [0.4, 0.5) is 0 Å². The van der Waals surface area contributed by atoms with Crippen molar-refractivity contribution < 1.29 is 4.74 Å². The summed E-state index contributed by atoms with van der Waals surface area (Å²) in [5.74, 6) is 0.919. The smallest absolute Gasteiger partial charge is 0.137 e. The maximum atomic E-state index is 6.04. The van der Waals surface area contributed by atoms with Gasteiger partial charge in [0.1, 0.15) is 5.75 Å². The first-order valence-electron chi connectivity index (χ1n) is 4.50. The molecule has 0 saturated carbocycles. The molecule has 0 atom stereocenters. The fourth-order valence-corrected chi connectivity index (χ4v) is 2.90. The highest BCUT2D eigenvalue weighted by atomic mass is 35.5. The molecular formula is C11H11ClOS. The van der Waals surface area contributed by atoms with Gasteiger partial charge in [0, 0.05) is 20.5 Å². The maximum absolute atomic E-state index is 6.04. The van der Waals surface area contributed by atoms with E-state index in [1.165, 1.54) is 10.3 Å². The van der Waals surface area contributed by atoms with Gasteiger partial charge in [0.2, 0.25) is 0 Å². The van der Waals surface area contributed by atoms with Crippen molar-refractivity contribution in [2.24, 2.45) is 0 Å². The number of fused-ring (bicyclic) bond motifs is 1. The molecule has 0 N–H and O–H groups in total. The van der Waals surface area contributed by atoms with Gasteiger partial charge in [0.25, 0.3) is 0 Å². The van der Waals surface area contributed by atoms with Crippen LogP contribution in [0, 0.1) is 0 Å². The SMILES string of the molecule is CCc1cc(Cl)cc2c(OC)csc12. The van der Waals surface area contributed by atoms with E-state index in [1.807, 2.05) is 17.5 Å². The minimum atomic E-state index is 0.783. The van der Waals surface area contributed by atoms with Gasteiger partial charge in [-0.25, -0.2) is 0 Å². The highest BCUT2D eigenvalue weighted by Gasteiger charge is 2.08. The zero-order valence-corrected chi connectivity index (χ0v) is 9.71. The first-order valence-corrected chi connectivity index (χ1v) is 5.75. The van der Waals surface area contributed by atoms with E-state index >= 15 is 0 Å². The molecule has 0 bridgehead atoms. The maximum Gasteiger partial charge on any atom is 0.137 e. The molecule has 0 saturated heterocycles. The van der Waals surface area contributed by atoms with Crippen LogP contribution in [0.1, 0.15) is 12.5 Å². The summed E-state index contributed by atoms with van der Waals surface area (Å²) in [6.07, 6.45) is 1.00. The van der Waals surface area contributed by atoms with Gasteiger partial charge in [-0.1, -0.05) is 18.5 Å². The third-order valence-corrected chi connectivity index (χ3v) is 3.55. The van der Waals surface area contributed by atoms with Crippen molar-refractivity contribution in [2.75, 3.05) is 7.11 Å². The Morgan fingerprint density at radius 1 is 1.43 bits per heavy atom. The zero-order valence-electron chi connectivity index (χ0n) is 8.13. The second kappa shape index (κ2) is 3.79. The minimum absolute atomic E-state index is 0.783. The normalized spacial score (nSPS) is 10.8. The Hall–Kier alpha value is -0.730. The number of rotatable bonds is 2. The summed E-state index contributed by atoms with van der Waals surface area (Å²) in [5, 5.41) is 3.94. The van der Waals surface area contributed by atoms with Gasteiger partial charge in [-0.15, -0.1) is 11.3 Å². The van der Waals surface area contributed by atoms with Crippen molar-refractivity contribution >= 4 is 33.0 Å². The van der Waals surface area contributed by atoms with E-state index in [2.05, 4.69) is 6.92 Å². The monoisotopic (exact) mass is 226 g/mol. The molecule has 0 aliphatic rings. The lowest BCUT2D eigenvalue weighted by Crippen LogP contribution is -1.83. The van der Waals surface area contributed by atoms with Gasteiger partial charge in [-0.05, 0) is 24.1 Å². The quantitative estimate of drug-likeness (QED) is 0.749. The third kappa shape index (κ3) is 1.49. The largest absolute Gasteiger partial charge is 0.495 e. The Morgan fingerprint density at radius 2 is 2.21 bits per heavy atom. The van der Waals surface area contributed by atoms with E-state index in [4.69, 9.17) is 16.3 Å². The summed E-state index contributed by atoms with van der Waals surface area (Å²) in [5.41, 5.74) is 1.29. The molecular weight excluding hydrogens is 216 g/mol. The van der Waals surface area contributed by atoms with E-state index in [9.17, 15) is 0 Å². The number of methoxy groups -OCH3 is 1. The van der Waals surface area contributed by atoms with Gasteiger partial charge in [0.15, 0.2) is 0 Å². The topological polar surface area (TPSA) is 9.23 Å². The zero-order chi connectivity index (χ0) is 10.1. The molecule has 3 heteroatoms. The van der Waals surface area contributed by atoms with Crippen molar-refractivity contribution in [3.05, 3.63) is 28.1 Å². The minimum Gasteiger partial charge on any atom is -0.495 e. The van der Waals surface area contributed by atoms with Gasteiger partial charge in [-0.3, -0.25) is 0 Å². The molecule has 0 aliphatic carbocycles. The lowest BCUT2D eigenvalue weighted by molar-refractivity contribution is 0.421. The van der Waals surface area contributed by atoms with E-state index in [0.29, 0.717) is 0 Å². The van der Waals surface area contributed by atoms with E-state index < -0.39 is 0 Å². The van der Waals surface area contributed by atoms with Crippen LogP contribution >= 0.6 is 22.9 Å². The fraction of sp³-hybridized carbons (Fsp3) is 0.273. The molecule has 14 heavy (non-hydrogen) atoms. The molecule has 1 aromatic heterocycles. The summed E-state index contributed by atoms with van der Waals surface area (Å²) in [7, 11) is 1.69. The first kappa shape index (κ1) is 9.81. The molecule has 0 radical (unpaired) electrons. The van der Waals surface area contributed by atoms with Crippen LogP contribution in [0.2, 0.25) is 5.02 Å². The van der Waals surface area contributed by atoms with Crippen LogP contribution in [0.25, 0.3) is 10.1 Å². The summed E-state index contributed by atoms with van der Waals surface area (Å²) in [6, 6.07) is 3.99.